The van der Waals surface area contributed by atoms with E-state index >= 15 is 0 Å². The molecule has 0 radical (unpaired) electrons. The summed E-state index contributed by atoms with van der Waals surface area (Å²) >= 11 is 0. The Hall–Kier alpha value is -2.40. The van der Waals surface area contributed by atoms with E-state index in [1.54, 1.807) is 6.08 Å². The Morgan fingerprint density at radius 2 is 1.61 bits per heavy atom. The third kappa shape index (κ3) is 4.79. The summed E-state index contributed by atoms with van der Waals surface area (Å²) in [5.74, 6) is 4.22. The lowest BCUT2D eigenvalue weighted by Crippen LogP contribution is -1.95. The first-order valence-electron chi connectivity index (χ1n) is 7.83. The highest BCUT2D eigenvalue weighted by Gasteiger charge is 2.08. The van der Waals surface area contributed by atoms with Crippen molar-refractivity contribution < 1.29 is 8.78 Å². The monoisotopic (exact) mass is 310 g/mol. The van der Waals surface area contributed by atoms with Gasteiger partial charge in [-0.25, -0.2) is 8.78 Å². The first-order chi connectivity index (χ1) is 11.1. The van der Waals surface area contributed by atoms with Gasteiger partial charge < -0.3 is 0 Å². The highest BCUT2D eigenvalue weighted by atomic mass is 19.1. The Balaban J connectivity index is 2.21. The maximum absolute atomic E-state index is 14.0. The van der Waals surface area contributed by atoms with Crippen molar-refractivity contribution in [2.24, 2.45) is 0 Å². The first-order valence-corrected chi connectivity index (χ1v) is 7.83. The Bertz CT molecular complexity index is 708. The Morgan fingerprint density at radius 3 is 2.17 bits per heavy atom. The smallest absolute Gasteiger partial charge is 0.142 e. The van der Waals surface area contributed by atoms with Crippen molar-refractivity contribution in [1.29, 1.82) is 0 Å². The van der Waals surface area contributed by atoms with Crippen LogP contribution in [0.4, 0.5) is 8.78 Å². The summed E-state index contributed by atoms with van der Waals surface area (Å²) in [6.45, 7) is 5.73. The molecule has 0 fully saturated rings. The molecule has 2 heteroatoms. The molecule has 118 valence electrons. The van der Waals surface area contributed by atoms with Gasteiger partial charge in [0.1, 0.15) is 11.6 Å². The van der Waals surface area contributed by atoms with Gasteiger partial charge in [-0.2, -0.15) is 0 Å². The van der Waals surface area contributed by atoms with Gasteiger partial charge in [-0.05, 0) is 54.7 Å². The third-order valence-corrected chi connectivity index (χ3v) is 3.56. The molecule has 23 heavy (non-hydrogen) atoms. The molecule has 2 aromatic rings. The summed E-state index contributed by atoms with van der Waals surface area (Å²) in [5.41, 5.74) is 2.43. The SMILES string of the molecule is C=CCCc1cc(F)c(C#Cc2ccc(CCC)cc2)c(F)c1. The molecule has 0 nitrogen and oxygen atoms in total. The van der Waals surface area contributed by atoms with Crippen LogP contribution in [0.15, 0.2) is 49.1 Å². The van der Waals surface area contributed by atoms with Crippen molar-refractivity contribution in [2.45, 2.75) is 32.6 Å². The zero-order chi connectivity index (χ0) is 16.7. The van der Waals surface area contributed by atoms with E-state index in [9.17, 15) is 8.78 Å². The van der Waals surface area contributed by atoms with E-state index in [1.807, 2.05) is 24.3 Å². The lowest BCUT2D eigenvalue weighted by molar-refractivity contribution is 0.574. The zero-order valence-electron chi connectivity index (χ0n) is 13.3. The number of rotatable bonds is 5. The molecule has 0 aliphatic carbocycles. The van der Waals surface area contributed by atoms with E-state index in [0.717, 1.165) is 18.4 Å². The van der Waals surface area contributed by atoms with Gasteiger partial charge in [0.25, 0.3) is 0 Å². The van der Waals surface area contributed by atoms with E-state index in [4.69, 9.17) is 0 Å². The lowest BCUT2D eigenvalue weighted by Gasteiger charge is -2.03. The van der Waals surface area contributed by atoms with Gasteiger partial charge in [0.05, 0.1) is 5.56 Å². The van der Waals surface area contributed by atoms with E-state index in [-0.39, 0.29) is 5.56 Å². The van der Waals surface area contributed by atoms with Gasteiger partial charge in [0.15, 0.2) is 0 Å². The van der Waals surface area contributed by atoms with Crippen LogP contribution in [0.1, 0.15) is 42.0 Å². The normalized spacial score (nSPS) is 10.0. The molecule has 0 bridgehead atoms. The van der Waals surface area contributed by atoms with Crippen molar-refractivity contribution in [3.8, 4) is 11.8 Å². The summed E-state index contributed by atoms with van der Waals surface area (Å²) < 4.78 is 28.1. The van der Waals surface area contributed by atoms with E-state index < -0.39 is 11.6 Å². The van der Waals surface area contributed by atoms with Gasteiger partial charge in [-0.3, -0.25) is 0 Å². The maximum atomic E-state index is 14.0. The van der Waals surface area contributed by atoms with Crippen LogP contribution in [-0.4, -0.2) is 0 Å². The Kier molecular flexibility index (Phi) is 6.11. The second kappa shape index (κ2) is 8.29. The molecule has 0 aliphatic heterocycles. The summed E-state index contributed by atoms with van der Waals surface area (Å²) in [6.07, 6.45) is 5.09. The van der Waals surface area contributed by atoms with Crippen LogP contribution in [0, 0.1) is 23.5 Å². The molecule has 0 saturated heterocycles. The van der Waals surface area contributed by atoms with Gasteiger partial charge in [-0.1, -0.05) is 43.4 Å². The van der Waals surface area contributed by atoms with Gasteiger partial charge in [-0.15, -0.1) is 6.58 Å². The predicted octanol–water partition coefficient (Wildman–Crippen LogP) is 5.44. The standard InChI is InChI=1S/C21H20F2/c1-3-5-7-18-14-20(22)19(21(23)15-18)13-12-17-10-8-16(6-4-2)9-11-17/h3,8-11,14-15H,1,4-7H2,2H3. The number of hydrogen-bond acceptors (Lipinski definition) is 0. The minimum atomic E-state index is -0.612. The number of hydrogen-bond donors (Lipinski definition) is 0. The highest BCUT2D eigenvalue weighted by molar-refractivity contribution is 5.45. The Labute approximate surface area is 136 Å². The minimum absolute atomic E-state index is 0.176. The van der Waals surface area contributed by atoms with E-state index in [2.05, 4.69) is 25.3 Å². The van der Waals surface area contributed by atoms with E-state index in [0.29, 0.717) is 18.4 Å². The zero-order valence-corrected chi connectivity index (χ0v) is 13.3. The van der Waals surface area contributed by atoms with Crippen LogP contribution >= 0.6 is 0 Å². The number of aryl methyl sites for hydroxylation is 2. The first kappa shape index (κ1) is 17.0. The molecular weight excluding hydrogens is 290 g/mol. The maximum Gasteiger partial charge on any atom is 0.142 e. The van der Waals surface area contributed by atoms with Gasteiger partial charge in [0.2, 0.25) is 0 Å². The second-order valence-corrected chi connectivity index (χ2v) is 5.46. The fourth-order valence-corrected chi connectivity index (χ4v) is 2.34. The molecule has 0 amide bonds. The second-order valence-electron chi connectivity index (χ2n) is 5.46. The van der Waals surface area contributed by atoms with Crippen LogP contribution in [0.25, 0.3) is 0 Å². The van der Waals surface area contributed by atoms with Crippen molar-refractivity contribution in [3.63, 3.8) is 0 Å². The molecule has 2 rings (SSSR count). The molecule has 0 aliphatic rings. The topological polar surface area (TPSA) is 0 Å². The van der Waals surface area contributed by atoms with Crippen LogP contribution in [0.3, 0.4) is 0 Å². The van der Waals surface area contributed by atoms with E-state index in [1.165, 1.54) is 17.7 Å². The predicted molar refractivity (Wildman–Crippen MR) is 91.3 cm³/mol. The largest absolute Gasteiger partial charge is 0.206 e. The van der Waals surface area contributed by atoms with Gasteiger partial charge >= 0.3 is 0 Å². The average Bonchev–Trinajstić information content (AvgIpc) is 2.54. The van der Waals surface area contributed by atoms with Crippen molar-refractivity contribution >= 4 is 0 Å². The van der Waals surface area contributed by atoms with Crippen LogP contribution in [0.2, 0.25) is 0 Å². The molecular formula is C21H20F2. The summed E-state index contributed by atoms with van der Waals surface area (Å²) in [6, 6.07) is 10.5. The third-order valence-electron chi connectivity index (χ3n) is 3.56. The van der Waals surface area contributed by atoms with Crippen LogP contribution in [-0.2, 0) is 12.8 Å². The average molecular weight is 310 g/mol. The summed E-state index contributed by atoms with van der Waals surface area (Å²) in [4.78, 5) is 0. The van der Waals surface area contributed by atoms with Gasteiger partial charge in [0, 0.05) is 5.56 Å². The number of halogens is 2. The van der Waals surface area contributed by atoms with Crippen LogP contribution in [0.5, 0.6) is 0 Å². The van der Waals surface area contributed by atoms with Crippen molar-refractivity contribution in [1.82, 2.24) is 0 Å². The quantitative estimate of drug-likeness (QED) is 0.510. The summed E-state index contributed by atoms with van der Waals surface area (Å²) in [5, 5.41) is 0. The number of allylic oxidation sites excluding steroid dienone is 1. The molecule has 0 atom stereocenters. The molecule has 2 aromatic carbocycles. The molecule has 0 heterocycles. The molecule has 0 aromatic heterocycles. The van der Waals surface area contributed by atoms with Crippen LogP contribution < -0.4 is 0 Å². The minimum Gasteiger partial charge on any atom is -0.206 e. The lowest BCUT2D eigenvalue weighted by atomic mass is 10.0. The highest BCUT2D eigenvalue weighted by Crippen LogP contribution is 2.16. The molecule has 0 spiro atoms. The Morgan fingerprint density at radius 1 is 0.957 bits per heavy atom. The number of benzene rings is 2. The fourth-order valence-electron chi connectivity index (χ4n) is 2.34. The molecule has 0 unspecified atom stereocenters. The summed E-state index contributed by atoms with van der Waals surface area (Å²) in [7, 11) is 0. The fraction of sp³-hybridized carbons (Fsp3) is 0.238. The van der Waals surface area contributed by atoms with Crippen molar-refractivity contribution in [3.05, 3.63) is 82.9 Å². The molecule has 0 saturated carbocycles. The molecule has 0 N–H and O–H groups in total. The van der Waals surface area contributed by atoms with Crippen molar-refractivity contribution in [2.75, 3.05) is 0 Å².